The Balaban J connectivity index is 1.72. The average Bonchev–Trinajstić information content (AvgIpc) is 3.06. The number of nitrogens with zero attached hydrogens (tertiary/aromatic N) is 2. The number of rotatable bonds is 5. The van der Waals surface area contributed by atoms with Gasteiger partial charge in [0.2, 0.25) is 5.91 Å². The van der Waals surface area contributed by atoms with Gasteiger partial charge in [-0.2, -0.15) is 0 Å². The van der Waals surface area contributed by atoms with Crippen LogP contribution in [0.1, 0.15) is 18.1 Å². The van der Waals surface area contributed by atoms with E-state index in [1.165, 1.54) is 17.3 Å². The Bertz CT molecular complexity index is 921. The molecular formula is C20H20ClN3OS. The highest BCUT2D eigenvalue weighted by molar-refractivity contribution is 8.00. The van der Waals surface area contributed by atoms with Crippen LogP contribution in [0, 0.1) is 13.8 Å². The van der Waals surface area contributed by atoms with Crippen molar-refractivity contribution < 1.29 is 4.79 Å². The molecule has 134 valence electrons. The lowest BCUT2D eigenvalue weighted by molar-refractivity contribution is -0.115. The molecule has 0 spiro atoms. The van der Waals surface area contributed by atoms with Gasteiger partial charge in [0, 0.05) is 28.8 Å². The molecule has 0 unspecified atom stereocenters. The first-order valence-corrected chi connectivity index (χ1v) is 9.54. The molecule has 0 saturated carbocycles. The number of anilines is 1. The quantitative estimate of drug-likeness (QED) is 0.609. The van der Waals surface area contributed by atoms with Gasteiger partial charge >= 0.3 is 0 Å². The van der Waals surface area contributed by atoms with Gasteiger partial charge in [0.1, 0.15) is 0 Å². The number of hydrogen-bond acceptors (Lipinski definition) is 3. The fourth-order valence-electron chi connectivity index (χ4n) is 2.57. The second-order valence-corrected chi connectivity index (χ2v) is 7.87. The number of imidazole rings is 1. The number of halogens is 1. The Morgan fingerprint density at radius 3 is 2.62 bits per heavy atom. The molecule has 0 aliphatic rings. The third-order valence-corrected chi connectivity index (χ3v) is 5.34. The van der Waals surface area contributed by atoms with Gasteiger partial charge in [0.05, 0.1) is 5.25 Å². The fraction of sp³-hybridized carbons (Fsp3) is 0.200. The molecule has 1 aromatic heterocycles. The first-order valence-electron chi connectivity index (χ1n) is 8.28. The molecule has 0 aliphatic heterocycles. The summed E-state index contributed by atoms with van der Waals surface area (Å²) in [6, 6.07) is 13.5. The average molecular weight is 386 g/mol. The number of benzene rings is 2. The van der Waals surface area contributed by atoms with Gasteiger partial charge in [0.25, 0.3) is 0 Å². The number of hydrogen-bond donors (Lipinski definition) is 1. The summed E-state index contributed by atoms with van der Waals surface area (Å²) in [5, 5.41) is 4.16. The molecule has 0 aliphatic carbocycles. The van der Waals surface area contributed by atoms with E-state index in [0.717, 1.165) is 22.1 Å². The van der Waals surface area contributed by atoms with Crippen molar-refractivity contribution in [2.75, 3.05) is 5.32 Å². The minimum Gasteiger partial charge on any atom is -0.325 e. The number of amides is 1. The van der Waals surface area contributed by atoms with E-state index in [2.05, 4.69) is 16.4 Å². The molecule has 26 heavy (non-hydrogen) atoms. The molecule has 0 saturated heterocycles. The molecule has 1 amide bonds. The number of carbonyl (C=O) groups excluding carboxylic acids is 1. The fourth-order valence-corrected chi connectivity index (χ4v) is 3.58. The number of aryl methyl sites for hydroxylation is 2. The van der Waals surface area contributed by atoms with Crippen LogP contribution in [-0.2, 0) is 4.79 Å². The summed E-state index contributed by atoms with van der Waals surface area (Å²) in [7, 11) is 0. The van der Waals surface area contributed by atoms with E-state index in [1.54, 1.807) is 6.20 Å². The summed E-state index contributed by atoms with van der Waals surface area (Å²) < 4.78 is 1.95. The zero-order valence-electron chi connectivity index (χ0n) is 14.9. The number of nitrogens with one attached hydrogen (secondary N) is 1. The molecule has 4 nitrogen and oxygen atoms in total. The molecule has 0 radical (unpaired) electrons. The molecule has 0 bridgehead atoms. The minimum atomic E-state index is -0.288. The van der Waals surface area contributed by atoms with Gasteiger partial charge in [-0.25, -0.2) is 4.98 Å². The maximum absolute atomic E-state index is 12.6. The molecule has 3 rings (SSSR count). The largest absolute Gasteiger partial charge is 0.325 e. The molecule has 1 heterocycles. The highest BCUT2D eigenvalue weighted by Gasteiger charge is 2.18. The lowest BCUT2D eigenvalue weighted by Crippen LogP contribution is -2.23. The van der Waals surface area contributed by atoms with Crippen molar-refractivity contribution >= 4 is 35.0 Å². The van der Waals surface area contributed by atoms with Crippen LogP contribution in [0.5, 0.6) is 0 Å². The number of thioether (sulfide) groups is 1. The summed E-state index contributed by atoms with van der Waals surface area (Å²) in [5.74, 6) is -0.0485. The lowest BCUT2D eigenvalue weighted by atomic mass is 10.1. The van der Waals surface area contributed by atoms with Crippen molar-refractivity contribution in [2.45, 2.75) is 31.2 Å². The molecule has 6 heteroatoms. The van der Waals surface area contributed by atoms with Crippen LogP contribution in [0.4, 0.5) is 5.69 Å². The third-order valence-electron chi connectivity index (χ3n) is 4.00. The van der Waals surface area contributed by atoms with E-state index >= 15 is 0 Å². The zero-order valence-corrected chi connectivity index (χ0v) is 16.4. The highest BCUT2D eigenvalue weighted by Crippen LogP contribution is 2.26. The van der Waals surface area contributed by atoms with Crippen LogP contribution in [0.25, 0.3) is 5.69 Å². The minimum absolute atomic E-state index is 0.0485. The van der Waals surface area contributed by atoms with E-state index in [1.807, 2.05) is 67.9 Å². The predicted octanol–water partition coefficient (Wildman–Crippen LogP) is 5.26. The van der Waals surface area contributed by atoms with Gasteiger partial charge in [-0.3, -0.25) is 9.36 Å². The van der Waals surface area contributed by atoms with Gasteiger partial charge in [-0.05, 0) is 56.7 Å². The van der Waals surface area contributed by atoms with E-state index in [9.17, 15) is 4.79 Å². The third kappa shape index (κ3) is 4.29. The first kappa shape index (κ1) is 18.5. The van der Waals surface area contributed by atoms with Crippen LogP contribution in [-0.4, -0.2) is 20.7 Å². The predicted molar refractivity (Wildman–Crippen MR) is 108 cm³/mol. The Morgan fingerprint density at radius 1 is 1.19 bits per heavy atom. The Labute approximate surface area is 162 Å². The highest BCUT2D eigenvalue weighted by atomic mass is 35.5. The molecule has 2 aromatic carbocycles. The SMILES string of the molecule is Cc1ccc(NC(=O)[C@@H](C)Sc2nccn2-c2ccc(Cl)cc2)c(C)c1. The van der Waals surface area contributed by atoms with E-state index in [0.29, 0.717) is 5.02 Å². The maximum Gasteiger partial charge on any atom is 0.237 e. The summed E-state index contributed by atoms with van der Waals surface area (Å²) in [6.45, 7) is 5.91. The molecule has 0 fully saturated rings. The summed E-state index contributed by atoms with van der Waals surface area (Å²) >= 11 is 7.37. The van der Waals surface area contributed by atoms with Crippen LogP contribution in [0.15, 0.2) is 60.0 Å². The van der Waals surface area contributed by atoms with Gasteiger partial charge in [0.15, 0.2) is 5.16 Å². The maximum atomic E-state index is 12.6. The van der Waals surface area contributed by atoms with Crippen molar-refractivity contribution in [3.8, 4) is 5.69 Å². The molecule has 3 aromatic rings. The smallest absolute Gasteiger partial charge is 0.237 e. The Hall–Kier alpha value is -2.24. The summed E-state index contributed by atoms with van der Waals surface area (Å²) in [5.41, 5.74) is 4.02. The molecule has 1 atom stereocenters. The van der Waals surface area contributed by atoms with Crippen molar-refractivity contribution in [1.29, 1.82) is 0 Å². The standard InChI is InChI=1S/C20H20ClN3OS/c1-13-4-9-18(14(2)12-13)23-19(25)15(3)26-20-22-10-11-24(20)17-7-5-16(21)6-8-17/h4-12,15H,1-3H3,(H,23,25)/t15-/m1/s1. The van der Waals surface area contributed by atoms with Crippen LogP contribution < -0.4 is 5.32 Å². The second-order valence-electron chi connectivity index (χ2n) is 6.12. The first-order chi connectivity index (χ1) is 12.4. The van der Waals surface area contributed by atoms with E-state index in [-0.39, 0.29) is 11.2 Å². The number of aromatic nitrogens is 2. The molecule has 1 N–H and O–H groups in total. The van der Waals surface area contributed by atoms with Crippen molar-refractivity contribution in [3.63, 3.8) is 0 Å². The van der Waals surface area contributed by atoms with Crippen LogP contribution >= 0.6 is 23.4 Å². The number of carbonyl (C=O) groups is 1. The summed E-state index contributed by atoms with van der Waals surface area (Å²) in [6.07, 6.45) is 3.60. The van der Waals surface area contributed by atoms with Crippen molar-refractivity contribution in [2.24, 2.45) is 0 Å². The molecular weight excluding hydrogens is 366 g/mol. The zero-order chi connectivity index (χ0) is 18.7. The van der Waals surface area contributed by atoms with E-state index in [4.69, 9.17) is 11.6 Å². The van der Waals surface area contributed by atoms with Crippen molar-refractivity contribution in [3.05, 3.63) is 71.0 Å². The van der Waals surface area contributed by atoms with E-state index < -0.39 is 0 Å². The van der Waals surface area contributed by atoms with Crippen molar-refractivity contribution in [1.82, 2.24) is 9.55 Å². The lowest BCUT2D eigenvalue weighted by Gasteiger charge is -2.14. The topological polar surface area (TPSA) is 46.9 Å². The van der Waals surface area contributed by atoms with Gasteiger partial charge in [-0.1, -0.05) is 41.1 Å². The van der Waals surface area contributed by atoms with Gasteiger partial charge in [-0.15, -0.1) is 0 Å². The Kier molecular flexibility index (Phi) is 5.69. The summed E-state index contributed by atoms with van der Waals surface area (Å²) in [4.78, 5) is 17.0. The Morgan fingerprint density at radius 2 is 1.92 bits per heavy atom. The normalized spacial score (nSPS) is 12.0. The van der Waals surface area contributed by atoms with Crippen LogP contribution in [0.3, 0.4) is 0 Å². The monoisotopic (exact) mass is 385 g/mol. The van der Waals surface area contributed by atoms with Gasteiger partial charge < -0.3 is 5.32 Å². The van der Waals surface area contributed by atoms with Crippen LogP contribution in [0.2, 0.25) is 5.02 Å². The second kappa shape index (κ2) is 7.98.